The van der Waals surface area contributed by atoms with E-state index in [-0.39, 0.29) is 5.84 Å². The second-order valence-corrected chi connectivity index (χ2v) is 6.63. The Morgan fingerprint density at radius 2 is 2.24 bits per heavy atom. The zero-order valence-electron chi connectivity index (χ0n) is 12.9. The summed E-state index contributed by atoms with van der Waals surface area (Å²) in [6.07, 6.45) is 4.84. The molecule has 5 heteroatoms. The van der Waals surface area contributed by atoms with Crippen molar-refractivity contribution in [3.8, 4) is 0 Å². The van der Waals surface area contributed by atoms with E-state index < -0.39 is 0 Å². The molecule has 0 amide bonds. The van der Waals surface area contributed by atoms with E-state index in [0.29, 0.717) is 6.04 Å². The lowest BCUT2D eigenvalue weighted by Gasteiger charge is -2.38. The number of rotatable bonds is 5. The topological polar surface area (TPSA) is 61.8 Å². The van der Waals surface area contributed by atoms with E-state index in [1.807, 2.05) is 0 Å². The van der Waals surface area contributed by atoms with Gasteiger partial charge in [0.05, 0.1) is 5.56 Å². The van der Waals surface area contributed by atoms with Crippen molar-refractivity contribution in [3.05, 3.63) is 23.8 Å². The number of nitrogens with zero attached hydrogens (tertiary/aromatic N) is 2. The van der Waals surface area contributed by atoms with Crippen molar-refractivity contribution in [1.82, 2.24) is 0 Å². The Morgan fingerprint density at radius 3 is 2.90 bits per heavy atom. The first-order valence-electron chi connectivity index (χ1n) is 7.73. The third-order valence-electron chi connectivity index (χ3n) is 4.08. The Morgan fingerprint density at radius 1 is 1.43 bits per heavy atom. The van der Waals surface area contributed by atoms with Gasteiger partial charge in [-0.25, -0.2) is 0 Å². The summed E-state index contributed by atoms with van der Waals surface area (Å²) in [4.78, 5) is 3.53. The van der Waals surface area contributed by atoms with E-state index in [4.69, 9.17) is 10.9 Å². The van der Waals surface area contributed by atoms with Crippen molar-refractivity contribution in [2.24, 2.45) is 10.9 Å². The van der Waals surface area contributed by atoms with E-state index in [1.54, 1.807) is 11.8 Å². The van der Waals surface area contributed by atoms with Crippen LogP contribution in [0.15, 0.2) is 28.3 Å². The minimum atomic E-state index is 0.210. The lowest BCUT2D eigenvalue weighted by molar-refractivity contribution is 0.318. The van der Waals surface area contributed by atoms with Crippen LogP contribution >= 0.6 is 11.8 Å². The Balaban J connectivity index is 2.48. The van der Waals surface area contributed by atoms with Crippen LogP contribution in [0.3, 0.4) is 0 Å². The monoisotopic (exact) mass is 307 g/mol. The number of benzene rings is 1. The van der Waals surface area contributed by atoms with Crippen molar-refractivity contribution >= 4 is 23.3 Å². The van der Waals surface area contributed by atoms with Gasteiger partial charge in [0.1, 0.15) is 0 Å². The molecule has 0 radical (unpaired) electrons. The van der Waals surface area contributed by atoms with E-state index in [1.165, 1.54) is 19.3 Å². The molecule has 1 saturated heterocycles. The van der Waals surface area contributed by atoms with Gasteiger partial charge in [-0.3, -0.25) is 0 Å². The van der Waals surface area contributed by atoms with Crippen molar-refractivity contribution in [3.63, 3.8) is 0 Å². The first-order valence-corrected chi connectivity index (χ1v) is 8.71. The summed E-state index contributed by atoms with van der Waals surface area (Å²) in [7, 11) is 0. The number of anilines is 1. The zero-order chi connectivity index (χ0) is 15.2. The van der Waals surface area contributed by atoms with Gasteiger partial charge >= 0.3 is 0 Å². The van der Waals surface area contributed by atoms with Crippen LogP contribution in [0.2, 0.25) is 0 Å². The summed E-state index contributed by atoms with van der Waals surface area (Å²) >= 11 is 1.73. The summed E-state index contributed by atoms with van der Waals surface area (Å²) in [5.41, 5.74) is 7.97. The third kappa shape index (κ3) is 3.46. The summed E-state index contributed by atoms with van der Waals surface area (Å²) in [6.45, 7) is 5.39. The summed E-state index contributed by atoms with van der Waals surface area (Å²) in [5.74, 6) is 1.17. The molecular formula is C16H25N3OS. The van der Waals surface area contributed by atoms with Crippen molar-refractivity contribution in [1.29, 1.82) is 0 Å². The molecule has 0 aliphatic carbocycles. The minimum absolute atomic E-state index is 0.210. The highest BCUT2D eigenvalue weighted by Crippen LogP contribution is 2.34. The SMILES string of the molecule is CCSc1cccc(N2CCCCC2CC)c1/C(N)=N/O. The molecule has 1 aliphatic heterocycles. The fourth-order valence-corrected chi connectivity index (χ4v) is 3.92. The van der Waals surface area contributed by atoms with Crippen molar-refractivity contribution < 1.29 is 5.21 Å². The molecule has 0 spiro atoms. The maximum Gasteiger partial charge on any atom is 0.173 e. The Kier molecular flexibility index (Phi) is 5.79. The third-order valence-corrected chi connectivity index (χ3v) is 5.02. The van der Waals surface area contributed by atoms with Gasteiger partial charge in [-0.2, -0.15) is 0 Å². The predicted molar refractivity (Wildman–Crippen MR) is 90.6 cm³/mol. The van der Waals surface area contributed by atoms with Gasteiger partial charge in [-0.1, -0.05) is 25.1 Å². The average molecular weight is 307 g/mol. The lowest BCUT2D eigenvalue weighted by atomic mass is 9.97. The van der Waals surface area contributed by atoms with E-state index in [0.717, 1.165) is 34.9 Å². The van der Waals surface area contributed by atoms with Crippen LogP contribution in [-0.2, 0) is 0 Å². The quantitative estimate of drug-likeness (QED) is 0.286. The number of oxime groups is 1. The maximum atomic E-state index is 9.16. The first kappa shape index (κ1) is 16.0. The van der Waals surface area contributed by atoms with Crippen LogP contribution in [0.4, 0.5) is 5.69 Å². The number of hydrogen-bond acceptors (Lipinski definition) is 4. The molecule has 21 heavy (non-hydrogen) atoms. The Bertz CT molecular complexity index is 504. The minimum Gasteiger partial charge on any atom is -0.409 e. The number of amidine groups is 1. The standard InChI is InChI=1S/C16H25N3OS/c1-3-12-8-5-6-11-19(12)13-9-7-10-14(21-4-2)15(13)16(17)18-20/h7,9-10,12,20H,3-6,8,11H2,1-2H3,(H2,17,18). The van der Waals surface area contributed by atoms with E-state index >= 15 is 0 Å². The number of thioether (sulfide) groups is 1. The van der Waals surface area contributed by atoms with Crippen molar-refractivity contribution in [2.45, 2.75) is 50.5 Å². The molecule has 1 aromatic rings. The molecule has 0 aromatic heterocycles. The highest BCUT2D eigenvalue weighted by atomic mass is 32.2. The molecule has 0 bridgehead atoms. The molecule has 1 atom stereocenters. The second kappa shape index (κ2) is 7.59. The molecule has 1 unspecified atom stereocenters. The Labute approximate surface area is 131 Å². The van der Waals surface area contributed by atoms with Crippen LogP contribution in [-0.4, -0.2) is 29.4 Å². The first-order chi connectivity index (χ1) is 10.2. The molecular weight excluding hydrogens is 282 g/mol. The fourth-order valence-electron chi connectivity index (χ4n) is 3.08. The van der Waals surface area contributed by atoms with E-state index in [9.17, 15) is 0 Å². The highest BCUT2D eigenvalue weighted by molar-refractivity contribution is 7.99. The van der Waals surface area contributed by atoms with Crippen LogP contribution in [0.1, 0.15) is 45.1 Å². The molecule has 4 nitrogen and oxygen atoms in total. The summed E-state index contributed by atoms with van der Waals surface area (Å²) in [6, 6.07) is 6.77. The van der Waals surface area contributed by atoms with Gasteiger partial charge in [-0.15, -0.1) is 11.8 Å². The van der Waals surface area contributed by atoms with Gasteiger partial charge in [-0.05, 0) is 43.6 Å². The maximum absolute atomic E-state index is 9.16. The number of nitrogens with two attached hydrogens (primary N) is 1. The van der Waals surface area contributed by atoms with Gasteiger partial charge < -0.3 is 15.8 Å². The molecule has 1 fully saturated rings. The summed E-state index contributed by atoms with van der Waals surface area (Å²) in [5, 5.41) is 12.4. The molecule has 3 N–H and O–H groups in total. The Hall–Kier alpha value is -1.36. The molecule has 1 aromatic carbocycles. The van der Waals surface area contributed by atoms with Crippen LogP contribution < -0.4 is 10.6 Å². The van der Waals surface area contributed by atoms with Crippen LogP contribution in [0.25, 0.3) is 0 Å². The number of piperidine rings is 1. The zero-order valence-corrected chi connectivity index (χ0v) is 13.7. The molecule has 1 heterocycles. The van der Waals surface area contributed by atoms with Crippen LogP contribution in [0.5, 0.6) is 0 Å². The summed E-state index contributed by atoms with van der Waals surface area (Å²) < 4.78 is 0. The van der Waals surface area contributed by atoms with Gasteiger partial charge in [0, 0.05) is 23.2 Å². The molecule has 0 saturated carbocycles. The number of hydrogen-bond donors (Lipinski definition) is 2. The largest absolute Gasteiger partial charge is 0.409 e. The lowest BCUT2D eigenvalue weighted by Crippen LogP contribution is -2.40. The van der Waals surface area contributed by atoms with Crippen LogP contribution in [0, 0.1) is 0 Å². The molecule has 2 rings (SSSR count). The molecule has 1 aliphatic rings. The van der Waals surface area contributed by atoms with Crippen molar-refractivity contribution in [2.75, 3.05) is 17.2 Å². The van der Waals surface area contributed by atoms with E-state index in [2.05, 4.69) is 42.1 Å². The normalized spacial score (nSPS) is 19.8. The predicted octanol–water partition coefficient (Wildman–Crippen LogP) is 3.66. The van der Waals surface area contributed by atoms with Gasteiger partial charge in [0.25, 0.3) is 0 Å². The fraction of sp³-hybridized carbons (Fsp3) is 0.562. The van der Waals surface area contributed by atoms with Gasteiger partial charge in [0.15, 0.2) is 5.84 Å². The molecule has 116 valence electrons. The van der Waals surface area contributed by atoms with Gasteiger partial charge in [0.2, 0.25) is 0 Å². The average Bonchev–Trinajstić information content (AvgIpc) is 2.54. The smallest absolute Gasteiger partial charge is 0.173 e. The second-order valence-electron chi connectivity index (χ2n) is 5.32. The highest BCUT2D eigenvalue weighted by Gasteiger charge is 2.25.